The Labute approximate surface area is 479 Å². The standard InChI is InChI=1S/C67H132NO8P/c1-3-5-7-9-11-13-15-17-19-21-23-25-27-28-29-30-31-32-33-34-35-36-38-40-42-44-46-48-50-52-54-56-58-60-67(70)76-65(64-75-77(71,72)74-62-61-68)63-73-66(69)59-57-55-53-51-49-47-45-43-41-39-37-26-24-22-20-18-16-14-12-10-8-6-4-2/h21,23,65H,3-20,22,24-64,68H2,1-2H3,(H,71,72)/b23-21-. The maximum atomic E-state index is 12.8. The van der Waals surface area contributed by atoms with Gasteiger partial charge in [0, 0.05) is 19.4 Å². The Bertz CT molecular complexity index is 1270. The summed E-state index contributed by atoms with van der Waals surface area (Å²) in [5.74, 6) is -0.800. The van der Waals surface area contributed by atoms with Gasteiger partial charge in [0.15, 0.2) is 6.10 Å². The molecule has 0 aromatic carbocycles. The lowest BCUT2D eigenvalue weighted by atomic mass is 10.0. The smallest absolute Gasteiger partial charge is 0.462 e. The molecular formula is C67H132NO8P. The molecule has 0 radical (unpaired) electrons. The topological polar surface area (TPSA) is 134 Å². The van der Waals surface area contributed by atoms with Crippen LogP contribution < -0.4 is 5.73 Å². The third-order valence-electron chi connectivity index (χ3n) is 15.7. The van der Waals surface area contributed by atoms with Gasteiger partial charge in [-0.2, -0.15) is 0 Å². The van der Waals surface area contributed by atoms with Gasteiger partial charge in [-0.25, -0.2) is 4.57 Å². The third-order valence-corrected chi connectivity index (χ3v) is 16.6. The molecule has 0 spiro atoms. The second-order valence-corrected chi connectivity index (χ2v) is 24.9. The van der Waals surface area contributed by atoms with Gasteiger partial charge in [-0.3, -0.25) is 18.6 Å². The van der Waals surface area contributed by atoms with Crippen molar-refractivity contribution in [1.29, 1.82) is 0 Å². The van der Waals surface area contributed by atoms with E-state index in [0.717, 1.165) is 32.1 Å². The molecule has 0 rings (SSSR count). The number of esters is 2. The first-order valence-electron chi connectivity index (χ1n) is 34.2. The van der Waals surface area contributed by atoms with Crippen molar-refractivity contribution in [2.75, 3.05) is 26.4 Å². The van der Waals surface area contributed by atoms with Gasteiger partial charge in [-0.15, -0.1) is 0 Å². The summed E-state index contributed by atoms with van der Waals surface area (Å²) in [5.41, 5.74) is 5.40. The van der Waals surface area contributed by atoms with E-state index in [9.17, 15) is 19.0 Å². The minimum absolute atomic E-state index is 0.0579. The van der Waals surface area contributed by atoms with Crippen molar-refractivity contribution in [3.05, 3.63) is 12.2 Å². The molecule has 0 aliphatic rings. The first kappa shape index (κ1) is 75.8. The van der Waals surface area contributed by atoms with E-state index < -0.39 is 26.5 Å². The normalized spacial score (nSPS) is 12.9. The van der Waals surface area contributed by atoms with Crippen molar-refractivity contribution in [2.24, 2.45) is 5.73 Å². The molecule has 77 heavy (non-hydrogen) atoms. The zero-order chi connectivity index (χ0) is 55.9. The Morgan fingerprint density at radius 3 is 0.922 bits per heavy atom. The molecule has 458 valence electrons. The summed E-state index contributed by atoms with van der Waals surface area (Å²) in [4.78, 5) is 35.3. The molecule has 0 fully saturated rings. The fraction of sp³-hybridized carbons (Fsp3) is 0.940. The molecule has 0 aromatic heterocycles. The van der Waals surface area contributed by atoms with Crippen molar-refractivity contribution in [3.63, 3.8) is 0 Å². The van der Waals surface area contributed by atoms with Crippen LogP contribution in [-0.2, 0) is 32.7 Å². The molecule has 0 heterocycles. The highest BCUT2D eigenvalue weighted by molar-refractivity contribution is 7.47. The molecule has 0 aromatic rings. The summed E-state index contributed by atoms with van der Waals surface area (Å²) in [6.45, 7) is 3.83. The van der Waals surface area contributed by atoms with Crippen LogP contribution >= 0.6 is 7.82 Å². The summed E-state index contributed by atoms with van der Waals surface area (Å²) in [6, 6.07) is 0. The fourth-order valence-electron chi connectivity index (χ4n) is 10.6. The number of unbranched alkanes of at least 4 members (excludes halogenated alkanes) is 51. The molecule has 9 nitrogen and oxygen atoms in total. The van der Waals surface area contributed by atoms with Gasteiger partial charge in [-0.05, 0) is 38.5 Å². The van der Waals surface area contributed by atoms with E-state index in [1.165, 1.54) is 308 Å². The number of phosphoric acid groups is 1. The van der Waals surface area contributed by atoms with Crippen LogP contribution in [0.25, 0.3) is 0 Å². The molecule has 10 heteroatoms. The Kier molecular flexibility index (Phi) is 62.9. The van der Waals surface area contributed by atoms with E-state index in [1.807, 2.05) is 0 Å². The summed E-state index contributed by atoms with van der Waals surface area (Å²) in [7, 11) is -4.39. The highest BCUT2D eigenvalue weighted by Gasteiger charge is 2.26. The molecular weight excluding hydrogens is 978 g/mol. The maximum Gasteiger partial charge on any atom is 0.472 e. The van der Waals surface area contributed by atoms with Crippen LogP contribution in [-0.4, -0.2) is 49.3 Å². The van der Waals surface area contributed by atoms with Gasteiger partial charge in [0.25, 0.3) is 0 Å². The molecule has 0 saturated heterocycles. The summed E-state index contributed by atoms with van der Waals surface area (Å²) >= 11 is 0. The fourth-order valence-corrected chi connectivity index (χ4v) is 11.3. The molecule has 2 atom stereocenters. The Morgan fingerprint density at radius 2 is 0.636 bits per heavy atom. The Hall–Kier alpha value is -1.25. The number of carbonyl (C=O) groups is 2. The van der Waals surface area contributed by atoms with Crippen molar-refractivity contribution >= 4 is 19.8 Å². The van der Waals surface area contributed by atoms with Crippen molar-refractivity contribution in [3.8, 4) is 0 Å². The molecule has 0 amide bonds. The first-order chi connectivity index (χ1) is 37.8. The predicted octanol–water partition coefficient (Wildman–Crippen LogP) is 22.0. The predicted molar refractivity (Wildman–Crippen MR) is 331 cm³/mol. The maximum absolute atomic E-state index is 12.8. The number of nitrogens with two attached hydrogens (primary N) is 1. The van der Waals surface area contributed by atoms with Crippen LogP contribution in [0.4, 0.5) is 0 Å². The molecule has 0 aliphatic carbocycles. The van der Waals surface area contributed by atoms with Crippen LogP contribution in [0, 0.1) is 0 Å². The lowest BCUT2D eigenvalue weighted by Crippen LogP contribution is -2.29. The van der Waals surface area contributed by atoms with E-state index >= 15 is 0 Å². The molecule has 3 N–H and O–H groups in total. The Balaban J connectivity index is 3.80. The second-order valence-electron chi connectivity index (χ2n) is 23.4. The third kappa shape index (κ3) is 63.8. The first-order valence-corrected chi connectivity index (χ1v) is 35.7. The minimum Gasteiger partial charge on any atom is -0.462 e. The van der Waals surface area contributed by atoms with Gasteiger partial charge < -0.3 is 20.1 Å². The summed E-state index contributed by atoms with van der Waals surface area (Å²) < 4.78 is 33.2. The number of carbonyl (C=O) groups excluding carboxylic acids is 2. The number of hydrogen-bond acceptors (Lipinski definition) is 8. The number of phosphoric ester groups is 1. The molecule has 0 saturated carbocycles. The second kappa shape index (κ2) is 63.9. The van der Waals surface area contributed by atoms with E-state index in [-0.39, 0.29) is 38.6 Å². The molecule has 0 aliphatic heterocycles. The molecule has 0 bridgehead atoms. The number of ether oxygens (including phenoxy) is 2. The number of allylic oxidation sites excluding steroid dienone is 2. The quantitative estimate of drug-likeness (QED) is 0.0264. The number of rotatable bonds is 66. The van der Waals surface area contributed by atoms with Gasteiger partial charge in [0.1, 0.15) is 6.61 Å². The van der Waals surface area contributed by atoms with E-state index in [4.69, 9.17) is 24.3 Å². The Morgan fingerprint density at radius 1 is 0.377 bits per heavy atom. The van der Waals surface area contributed by atoms with E-state index in [0.29, 0.717) is 6.42 Å². The lowest BCUT2D eigenvalue weighted by Gasteiger charge is -2.19. The number of hydrogen-bond donors (Lipinski definition) is 2. The van der Waals surface area contributed by atoms with Crippen molar-refractivity contribution in [1.82, 2.24) is 0 Å². The van der Waals surface area contributed by atoms with Gasteiger partial charge in [-0.1, -0.05) is 334 Å². The monoisotopic (exact) mass is 1110 g/mol. The zero-order valence-electron chi connectivity index (χ0n) is 51.5. The zero-order valence-corrected chi connectivity index (χ0v) is 52.4. The largest absolute Gasteiger partial charge is 0.472 e. The van der Waals surface area contributed by atoms with Crippen LogP contribution in [0.3, 0.4) is 0 Å². The van der Waals surface area contributed by atoms with E-state index in [1.54, 1.807) is 0 Å². The van der Waals surface area contributed by atoms with Gasteiger partial charge in [0.2, 0.25) is 0 Å². The summed E-state index contributed by atoms with van der Waals surface area (Å²) in [5, 5.41) is 0. The van der Waals surface area contributed by atoms with Gasteiger partial charge >= 0.3 is 19.8 Å². The minimum atomic E-state index is -4.39. The SMILES string of the molecule is CCCCCCCCCC/C=C\CCCCCCCCCCCCCCCCCCCCCCCC(=O)OC(COC(=O)CCCCCCCCCCCCCCCCCCCCCCCCC)COP(=O)(O)OCCN. The van der Waals surface area contributed by atoms with E-state index in [2.05, 4.69) is 26.0 Å². The van der Waals surface area contributed by atoms with Crippen LogP contribution in [0.2, 0.25) is 0 Å². The van der Waals surface area contributed by atoms with Crippen LogP contribution in [0.5, 0.6) is 0 Å². The van der Waals surface area contributed by atoms with Crippen LogP contribution in [0.1, 0.15) is 373 Å². The summed E-state index contributed by atoms with van der Waals surface area (Å²) in [6.07, 6.45) is 76.0. The molecule has 2 unspecified atom stereocenters. The van der Waals surface area contributed by atoms with Crippen molar-refractivity contribution < 1.29 is 37.6 Å². The highest BCUT2D eigenvalue weighted by Crippen LogP contribution is 2.43. The van der Waals surface area contributed by atoms with Gasteiger partial charge in [0.05, 0.1) is 13.2 Å². The average Bonchev–Trinajstić information content (AvgIpc) is 3.42. The van der Waals surface area contributed by atoms with Crippen LogP contribution in [0.15, 0.2) is 12.2 Å². The lowest BCUT2D eigenvalue weighted by molar-refractivity contribution is -0.161. The highest BCUT2D eigenvalue weighted by atomic mass is 31.2. The van der Waals surface area contributed by atoms with Crippen molar-refractivity contribution in [2.45, 2.75) is 380 Å². The average molecular weight is 1110 g/mol.